The molecule has 1 atom stereocenters. The molecule has 3 rings (SSSR count). The third kappa shape index (κ3) is 3.57. The van der Waals surface area contributed by atoms with Gasteiger partial charge in [0.2, 0.25) is 9.84 Å². The van der Waals surface area contributed by atoms with Gasteiger partial charge in [-0.25, -0.2) is 13.2 Å². The van der Waals surface area contributed by atoms with Crippen LogP contribution in [0.2, 0.25) is 0 Å². The number of rotatable bonds is 5. The molecule has 0 aliphatic carbocycles. The number of sulfone groups is 1. The van der Waals surface area contributed by atoms with Crippen molar-refractivity contribution in [3.05, 3.63) is 46.9 Å². The summed E-state index contributed by atoms with van der Waals surface area (Å²) in [5.41, 5.74) is 0.520. The van der Waals surface area contributed by atoms with Crippen molar-refractivity contribution in [2.45, 2.75) is 24.8 Å². The van der Waals surface area contributed by atoms with Gasteiger partial charge >= 0.3 is 12.1 Å². The molecule has 1 N–H and O–H groups in total. The Balaban J connectivity index is 1.78. The third-order valence-electron chi connectivity index (χ3n) is 4.37. The Hall–Kier alpha value is -2.74. The van der Waals surface area contributed by atoms with E-state index in [-0.39, 0.29) is 9.80 Å². The van der Waals surface area contributed by atoms with Gasteiger partial charge in [-0.2, -0.15) is 4.39 Å². The molecule has 0 aromatic heterocycles. The first-order valence-corrected chi connectivity index (χ1v) is 9.80. The number of alkyl carbamates (subject to hydrolysis) is 1. The fourth-order valence-electron chi connectivity index (χ4n) is 2.97. The van der Waals surface area contributed by atoms with Gasteiger partial charge in [-0.15, -0.1) is 0 Å². The molecule has 1 aliphatic rings. The van der Waals surface area contributed by atoms with Gasteiger partial charge in [-0.1, -0.05) is 50.2 Å². The van der Waals surface area contributed by atoms with Crippen molar-refractivity contribution < 1.29 is 27.1 Å². The maximum Gasteiger partial charge on any atom is 0.408 e. The Morgan fingerprint density at radius 2 is 1.85 bits per heavy atom. The van der Waals surface area contributed by atoms with Crippen molar-refractivity contribution in [3.8, 4) is 0 Å². The monoisotopic (exact) mass is 391 g/mol. The van der Waals surface area contributed by atoms with Gasteiger partial charge in [0, 0.05) is 5.39 Å². The summed E-state index contributed by atoms with van der Waals surface area (Å²) >= 11 is 0. The molecule has 0 radical (unpaired) electrons. The summed E-state index contributed by atoms with van der Waals surface area (Å²) in [5, 5.41) is 3.49. The minimum absolute atomic E-state index is 0.0725. The average Bonchev–Trinajstić information content (AvgIpc) is 2.88. The van der Waals surface area contributed by atoms with Gasteiger partial charge in [0.15, 0.2) is 0 Å². The van der Waals surface area contributed by atoms with Crippen LogP contribution in [0.15, 0.2) is 46.2 Å². The zero-order valence-corrected chi connectivity index (χ0v) is 15.5. The Kier molecular flexibility index (Phi) is 5.01. The summed E-state index contributed by atoms with van der Waals surface area (Å²) in [5.74, 6) is -0.472. The number of hydrogen-bond donors (Lipinski definition) is 1. The number of ether oxygens (including phenoxy) is 1. The van der Waals surface area contributed by atoms with Gasteiger partial charge in [-0.05, 0) is 22.9 Å². The van der Waals surface area contributed by atoms with Crippen molar-refractivity contribution in [1.82, 2.24) is 5.32 Å². The van der Waals surface area contributed by atoms with Crippen molar-refractivity contribution in [2.24, 2.45) is 5.92 Å². The molecule has 1 amide bonds. The fourth-order valence-corrected chi connectivity index (χ4v) is 4.64. The molecular formula is C19H18FNO5S. The summed E-state index contributed by atoms with van der Waals surface area (Å²) < 4.78 is 43.6. The van der Waals surface area contributed by atoms with Crippen LogP contribution in [0.4, 0.5) is 9.18 Å². The number of hydrogen-bond acceptors (Lipinski definition) is 5. The molecule has 1 aliphatic heterocycles. The molecule has 142 valence electrons. The SMILES string of the molecule is CC(C)[C@H](NC(=O)OCC1=Cc2ccc3ccccc3c2S1(=O)=O)C(=O)F. The molecular weight excluding hydrogens is 373 g/mol. The van der Waals surface area contributed by atoms with Crippen LogP contribution in [-0.2, 0) is 19.4 Å². The second-order valence-electron chi connectivity index (χ2n) is 6.57. The van der Waals surface area contributed by atoms with Crippen LogP contribution >= 0.6 is 0 Å². The van der Waals surface area contributed by atoms with E-state index in [0.29, 0.717) is 10.9 Å². The predicted octanol–water partition coefficient (Wildman–Crippen LogP) is 3.21. The molecule has 0 spiro atoms. The lowest BCUT2D eigenvalue weighted by atomic mass is 10.1. The van der Waals surface area contributed by atoms with Crippen LogP contribution in [0, 0.1) is 5.92 Å². The lowest BCUT2D eigenvalue weighted by molar-refractivity contribution is -0.132. The zero-order valence-electron chi connectivity index (χ0n) is 14.7. The van der Waals surface area contributed by atoms with E-state index in [1.165, 1.54) is 6.08 Å². The van der Waals surface area contributed by atoms with Gasteiger partial charge in [0.05, 0.1) is 9.80 Å². The highest BCUT2D eigenvalue weighted by Gasteiger charge is 2.32. The van der Waals surface area contributed by atoms with Crippen molar-refractivity contribution >= 4 is 38.8 Å². The number of carbonyl (C=O) groups excluding carboxylic acids is 2. The summed E-state index contributed by atoms with van der Waals surface area (Å²) in [6.07, 6.45) is 0.390. The van der Waals surface area contributed by atoms with Crippen LogP contribution in [0.3, 0.4) is 0 Å². The highest BCUT2D eigenvalue weighted by molar-refractivity contribution is 7.96. The van der Waals surface area contributed by atoms with E-state index in [9.17, 15) is 22.4 Å². The second kappa shape index (κ2) is 7.11. The Morgan fingerprint density at radius 3 is 2.52 bits per heavy atom. The topological polar surface area (TPSA) is 89.5 Å². The van der Waals surface area contributed by atoms with E-state index in [4.69, 9.17) is 4.74 Å². The standard InChI is InChI=1S/C19H18FNO5S/c1-11(2)16(18(20)22)21-19(23)26-10-14-9-13-8-7-12-5-3-4-6-15(12)17(13)27(14,24)25/h3-9,11,16H,10H2,1-2H3,(H,21,23)/t16-/m0/s1. The Morgan fingerprint density at radius 1 is 1.15 bits per heavy atom. The minimum atomic E-state index is -3.81. The first-order chi connectivity index (χ1) is 12.7. The van der Waals surface area contributed by atoms with Crippen LogP contribution in [-0.4, -0.2) is 33.2 Å². The second-order valence-corrected chi connectivity index (χ2v) is 8.50. The van der Waals surface area contributed by atoms with E-state index in [0.717, 1.165) is 5.39 Å². The summed E-state index contributed by atoms with van der Waals surface area (Å²) in [4.78, 5) is 22.9. The van der Waals surface area contributed by atoms with Crippen LogP contribution in [0.25, 0.3) is 16.8 Å². The first-order valence-electron chi connectivity index (χ1n) is 8.32. The molecule has 6 nitrogen and oxygen atoms in total. The summed E-state index contributed by atoms with van der Waals surface area (Å²) in [6.45, 7) is 2.62. The number of fused-ring (bicyclic) bond motifs is 3. The smallest absolute Gasteiger partial charge is 0.408 e. The largest absolute Gasteiger partial charge is 0.444 e. The third-order valence-corrected chi connectivity index (χ3v) is 6.29. The average molecular weight is 391 g/mol. The molecule has 2 aromatic rings. The van der Waals surface area contributed by atoms with Crippen LogP contribution < -0.4 is 5.32 Å². The predicted molar refractivity (Wildman–Crippen MR) is 98.3 cm³/mol. The van der Waals surface area contributed by atoms with Gasteiger partial charge in [-0.3, -0.25) is 4.79 Å². The minimum Gasteiger partial charge on any atom is -0.444 e. The Bertz CT molecular complexity index is 1060. The molecule has 0 bridgehead atoms. The highest BCUT2D eigenvalue weighted by atomic mass is 32.2. The van der Waals surface area contributed by atoms with Crippen molar-refractivity contribution in [2.75, 3.05) is 6.61 Å². The number of carbonyl (C=O) groups is 2. The van der Waals surface area contributed by atoms with Crippen molar-refractivity contribution in [3.63, 3.8) is 0 Å². The van der Waals surface area contributed by atoms with E-state index in [1.54, 1.807) is 32.0 Å². The van der Waals surface area contributed by atoms with Gasteiger partial charge in [0.1, 0.15) is 12.6 Å². The number of amides is 1. The molecule has 0 fully saturated rings. The molecule has 8 heteroatoms. The summed E-state index contributed by atoms with van der Waals surface area (Å²) in [7, 11) is -3.81. The van der Waals surface area contributed by atoms with Crippen molar-refractivity contribution in [1.29, 1.82) is 0 Å². The number of nitrogens with one attached hydrogen (secondary N) is 1. The first kappa shape index (κ1) is 19.0. The van der Waals surface area contributed by atoms with Gasteiger partial charge < -0.3 is 10.1 Å². The molecule has 0 unspecified atom stereocenters. The van der Waals surface area contributed by atoms with E-state index in [1.807, 2.05) is 18.2 Å². The van der Waals surface area contributed by atoms with Crippen LogP contribution in [0.5, 0.6) is 0 Å². The number of halogens is 1. The lowest BCUT2D eigenvalue weighted by Crippen LogP contribution is -2.43. The normalized spacial score (nSPS) is 15.9. The maximum absolute atomic E-state index is 13.0. The number of benzene rings is 2. The summed E-state index contributed by atoms with van der Waals surface area (Å²) in [6, 6.07) is 7.58. The molecule has 1 heterocycles. The zero-order chi connectivity index (χ0) is 19.8. The van der Waals surface area contributed by atoms with Gasteiger partial charge in [0.25, 0.3) is 0 Å². The molecule has 2 aromatic carbocycles. The van der Waals surface area contributed by atoms with Crippen LogP contribution in [0.1, 0.15) is 19.4 Å². The van der Waals surface area contributed by atoms with E-state index < -0.39 is 40.5 Å². The van der Waals surface area contributed by atoms with E-state index in [2.05, 4.69) is 5.32 Å². The fraction of sp³-hybridized carbons (Fsp3) is 0.263. The highest BCUT2D eigenvalue weighted by Crippen LogP contribution is 2.38. The molecule has 0 saturated heterocycles. The maximum atomic E-state index is 13.0. The van der Waals surface area contributed by atoms with E-state index >= 15 is 0 Å². The molecule has 27 heavy (non-hydrogen) atoms. The Labute approximate surface area is 155 Å². The lowest BCUT2D eigenvalue weighted by Gasteiger charge is -2.17. The molecule has 0 saturated carbocycles. The quantitative estimate of drug-likeness (QED) is 0.791.